The van der Waals surface area contributed by atoms with Crippen LogP contribution in [0.2, 0.25) is 0 Å². The highest BCUT2D eigenvalue weighted by atomic mass is 32.1. The van der Waals surface area contributed by atoms with Crippen molar-refractivity contribution < 1.29 is 14.3 Å². The second-order valence-electron chi connectivity index (χ2n) is 4.13. The Balaban J connectivity index is 2.44. The Morgan fingerprint density at radius 1 is 1.50 bits per heavy atom. The van der Waals surface area contributed by atoms with E-state index in [4.69, 9.17) is 4.74 Å². The van der Waals surface area contributed by atoms with Gasteiger partial charge in [0.1, 0.15) is 0 Å². The molecule has 0 aromatic carbocycles. The summed E-state index contributed by atoms with van der Waals surface area (Å²) in [5.74, 6) is -0.564. The molecule has 1 N–H and O–H groups in total. The van der Waals surface area contributed by atoms with Crippen LogP contribution in [0.4, 0.5) is 0 Å². The molecule has 0 radical (unpaired) electrons. The maximum atomic E-state index is 11.8. The van der Waals surface area contributed by atoms with Gasteiger partial charge in [-0.2, -0.15) is 0 Å². The van der Waals surface area contributed by atoms with Crippen molar-refractivity contribution in [3.05, 3.63) is 27.0 Å². The van der Waals surface area contributed by atoms with Crippen molar-refractivity contribution in [2.24, 2.45) is 0 Å². The van der Waals surface area contributed by atoms with Crippen molar-refractivity contribution in [3.8, 4) is 0 Å². The van der Waals surface area contributed by atoms with E-state index in [1.807, 2.05) is 19.9 Å². The van der Waals surface area contributed by atoms with Gasteiger partial charge in [-0.3, -0.25) is 4.79 Å². The van der Waals surface area contributed by atoms with Gasteiger partial charge in [-0.05, 0) is 26.8 Å². The molecule has 2 heterocycles. The molecule has 2 rings (SSSR count). The Morgan fingerprint density at radius 2 is 2.22 bits per heavy atom. The van der Waals surface area contributed by atoms with Crippen LogP contribution >= 0.6 is 11.3 Å². The zero-order valence-electron chi connectivity index (χ0n) is 10.6. The van der Waals surface area contributed by atoms with Gasteiger partial charge in [-0.15, -0.1) is 11.3 Å². The number of amides is 1. The molecule has 1 aliphatic rings. The lowest BCUT2D eigenvalue weighted by molar-refractivity contribution is -0.139. The monoisotopic (exact) mass is 265 g/mol. The van der Waals surface area contributed by atoms with E-state index < -0.39 is 5.97 Å². The van der Waals surface area contributed by atoms with Crippen LogP contribution in [0.15, 0.2) is 11.6 Å². The van der Waals surface area contributed by atoms with Crippen molar-refractivity contribution in [2.45, 2.75) is 27.2 Å². The topological polar surface area (TPSA) is 55.4 Å². The molecule has 18 heavy (non-hydrogen) atoms. The van der Waals surface area contributed by atoms with Gasteiger partial charge in [0.15, 0.2) is 0 Å². The number of thiophene rings is 1. The average Bonchev–Trinajstić information content (AvgIpc) is 2.82. The lowest BCUT2D eigenvalue weighted by atomic mass is 10.1. The molecule has 1 aromatic rings. The summed E-state index contributed by atoms with van der Waals surface area (Å²) in [4.78, 5) is 25.6. The second-order valence-corrected chi connectivity index (χ2v) is 5.59. The molecule has 0 saturated heterocycles. The number of hydrogen-bond donors (Lipinski definition) is 1. The zero-order valence-corrected chi connectivity index (χ0v) is 11.4. The van der Waals surface area contributed by atoms with Gasteiger partial charge in [0.25, 0.3) is 0 Å². The van der Waals surface area contributed by atoms with Crippen molar-refractivity contribution >= 4 is 28.9 Å². The number of esters is 1. The molecular formula is C13H15NO3S. The van der Waals surface area contributed by atoms with E-state index in [9.17, 15) is 9.59 Å². The van der Waals surface area contributed by atoms with Crippen molar-refractivity contribution in [1.82, 2.24) is 5.32 Å². The first-order chi connectivity index (χ1) is 8.52. The van der Waals surface area contributed by atoms with E-state index in [-0.39, 0.29) is 12.3 Å². The van der Waals surface area contributed by atoms with Crippen LogP contribution < -0.4 is 5.32 Å². The lowest BCUT2D eigenvalue weighted by Gasteiger charge is -2.06. The van der Waals surface area contributed by atoms with Crippen molar-refractivity contribution in [2.75, 3.05) is 6.61 Å². The molecule has 0 fully saturated rings. The van der Waals surface area contributed by atoms with Crippen LogP contribution in [0.5, 0.6) is 0 Å². The molecule has 4 nitrogen and oxygen atoms in total. The first-order valence-corrected chi connectivity index (χ1v) is 6.62. The quantitative estimate of drug-likeness (QED) is 0.852. The number of nitrogens with one attached hydrogen (secondary N) is 1. The normalized spacial score (nSPS) is 14.9. The molecule has 5 heteroatoms. The summed E-state index contributed by atoms with van der Waals surface area (Å²) in [6.07, 6.45) is 0.0997. The van der Waals surface area contributed by atoms with E-state index in [0.29, 0.717) is 17.9 Å². The van der Waals surface area contributed by atoms with Crippen LogP contribution in [-0.2, 0) is 14.3 Å². The Kier molecular flexibility index (Phi) is 3.52. The first-order valence-electron chi connectivity index (χ1n) is 5.80. The van der Waals surface area contributed by atoms with Gasteiger partial charge in [0.05, 0.1) is 24.3 Å². The fourth-order valence-corrected chi connectivity index (χ4v) is 2.94. The van der Waals surface area contributed by atoms with E-state index in [0.717, 1.165) is 15.3 Å². The summed E-state index contributed by atoms with van der Waals surface area (Å²) in [5, 5.41) is 2.76. The summed E-state index contributed by atoms with van der Waals surface area (Å²) in [5.41, 5.74) is 1.97. The molecule has 0 bridgehead atoms. The van der Waals surface area contributed by atoms with E-state index in [1.165, 1.54) is 0 Å². The summed E-state index contributed by atoms with van der Waals surface area (Å²) in [7, 11) is 0. The molecule has 0 spiro atoms. The zero-order chi connectivity index (χ0) is 13.3. The number of aryl methyl sites for hydroxylation is 2. The Hall–Kier alpha value is -1.62. The number of hydrogen-bond acceptors (Lipinski definition) is 4. The van der Waals surface area contributed by atoms with Crippen LogP contribution in [0.25, 0.3) is 5.70 Å². The molecule has 0 saturated carbocycles. The van der Waals surface area contributed by atoms with Crippen LogP contribution in [0.3, 0.4) is 0 Å². The van der Waals surface area contributed by atoms with Crippen LogP contribution in [-0.4, -0.2) is 18.5 Å². The molecular weight excluding hydrogens is 250 g/mol. The highest BCUT2D eigenvalue weighted by molar-refractivity contribution is 7.12. The second kappa shape index (κ2) is 4.94. The number of rotatable bonds is 3. The predicted octanol–water partition coefficient (Wildman–Crippen LogP) is 2.16. The third kappa shape index (κ3) is 2.31. The standard InChI is InChI=1S/C13H15NO3S/c1-4-17-13(16)10-6-11(15)14-12(10)9-5-7(2)18-8(9)3/h5H,4,6H2,1-3H3,(H,14,15). The predicted molar refractivity (Wildman–Crippen MR) is 70.1 cm³/mol. The molecule has 96 valence electrons. The van der Waals surface area contributed by atoms with Gasteiger partial charge in [-0.25, -0.2) is 4.79 Å². The maximum absolute atomic E-state index is 11.8. The minimum atomic E-state index is -0.408. The Bertz CT molecular complexity index is 542. The van der Waals surface area contributed by atoms with Gasteiger partial charge >= 0.3 is 5.97 Å². The molecule has 1 aromatic heterocycles. The summed E-state index contributed by atoms with van der Waals surface area (Å²) in [6, 6.07) is 1.99. The average molecular weight is 265 g/mol. The molecule has 0 aliphatic carbocycles. The fourth-order valence-electron chi connectivity index (χ4n) is 2.01. The van der Waals surface area contributed by atoms with Gasteiger partial charge in [-0.1, -0.05) is 0 Å². The lowest BCUT2D eigenvalue weighted by Crippen LogP contribution is -2.14. The van der Waals surface area contributed by atoms with Crippen LogP contribution in [0.1, 0.15) is 28.7 Å². The third-order valence-corrected chi connectivity index (χ3v) is 3.70. The van der Waals surface area contributed by atoms with Gasteiger partial charge in [0, 0.05) is 15.3 Å². The highest BCUT2D eigenvalue weighted by Crippen LogP contribution is 2.31. The van der Waals surface area contributed by atoms with Crippen molar-refractivity contribution in [3.63, 3.8) is 0 Å². The molecule has 0 atom stereocenters. The third-order valence-electron chi connectivity index (χ3n) is 2.74. The number of carbonyl (C=O) groups is 2. The molecule has 1 aliphatic heterocycles. The van der Waals surface area contributed by atoms with Crippen molar-refractivity contribution in [1.29, 1.82) is 0 Å². The summed E-state index contributed by atoms with van der Waals surface area (Å²) in [6.45, 7) is 6.05. The molecule has 1 amide bonds. The summed E-state index contributed by atoms with van der Waals surface area (Å²) >= 11 is 1.65. The first kappa shape index (κ1) is 12.8. The van der Waals surface area contributed by atoms with Gasteiger partial charge < -0.3 is 10.1 Å². The Morgan fingerprint density at radius 3 is 2.78 bits per heavy atom. The molecule has 0 unspecified atom stereocenters. The minimum absolute atomic E-state index is 0.0997. The highest BCUT2D eigenvalue weighted by Gasteiger charge is 2.29. The number of ether oxygens (including phenoxy) is 1. The largest absolute Gasteiger partial charge is 0.463 e. The van der Waals surface area contributed by atoms with Gasteiger partial charge in [0.2, 0.25) is 5.91 Å². The van der Waals surface area contributed by atoms with Crippen LogP contribution in [0, 0.1) is 13.8 Å². The minimum Gasteiger partial charge on any atom is -0.463 e. The smallest absolute Gasteiger partial charge is 0.336 e. The Labute approximate surface area is 110 Å². The number of carbonyl (C=O) groups excluding carboxylic acids is 2. The fraction of sp³-hybridized carbons (Fsp3) is 0.385. The summed E-state index contributed by atoms with van der Waals surface area (Å²) < 4.78 is 4.99. The SMILES string of the molecule is CCOC(=O)C1=C(c2cc(C)sc2C)NC(=O)C1. The van der Waals surface area contributed by atoms with E-state index in [2.05, 4.69) is 5.32 Å². The maximum Gasteiger partial charge on any atom is 0.336 e. The van der Waals surface area contributed by atoms with E-state index in [1.54, 1.807) is 18.3 Å². The van der Waals surface area contributed by atoms with E-state index >= 15 is 0 Å².